The van der Waals surface area contributed by atoms with E-state index in [1.54, 1.807) is 26.0 Å². The average Bonchev–Trinajstić information content (AvgIpc) is 2.95. The Morgan fingerprint density at radius 3 is 2.35 bits per heavy atom. The maximum absolute atomic E-state index is 12.3. The lowest BCUT2D eigenvalue weighted by atomic mass is 10.1. The highest BCUT2D eigenvalue weighted by Crippen LogP contribution is 2.21. The monoisotopic (exact) mass is 354 g/mol. The molecule has 0 saturated heterocycles. The fraction of sp³-hybridized carbons (Fsp3) is 0.214. The van der Waals surface area contributed by atoms with Gasteiger partial charge in [0.05, 0.1) is 12.6 Å². The van der Waals surface area contributed by atoms with Gasteiger partial charge in [0, 0.05) is 5.56 Å². The summed E-state index contributed by atoms with van der Waals surface area (Å²) in [6.07, 6.45) is 0. The van der Waals surface area contributed by atoms with Gasteiger partial charge in [-0.2, -0.15) is 0 Å². The van der Waals surface area contributed by atoms with Crippen molar-refractivity contribution in [2.75, 3.05) is 7.11 Å². The molecule has 1 N–H and O–H groups in total. The van der Waals surface area contributed by atoms with Crippen LogP contribution in [0.3, 0.4) is 0 Å². The molecule has 7 nitrogen and oxygen atoms in total. The van der Waals surface area contributed by atoms with Crippen molar-refractivity contribution < 1.29 is 22.7 Å². The predicted molar refractivity (Wildman–Crippen MR) is 84.0 cm³/mol. The van der Waals surface area contributed by atoms with Crippen LogP contribution in [0, 0.1) is 13.8 Å². The number of rotatable bonds is 4. The molecule has 1 amide bonds. The highest BCUT2D eigenvalue weighted by molar-refractivity contribution is 7.92. The summed E-state index contributed by atoms with van der Waals surface area (Å²) in [5.74, 6) is -1.66. The lowest BCUT2D eigenvalue weighted by Gasteiger charge is -2.08. The molecule has 0 radical (unpaired) electrons. The molecule has 23 heavy (non-hydrogen) atoms. The summed E-state index contributed by atoms with van der Waals surface area (Å²) in [4.78, 5) is 27.4. The van der Waals surface area contributed by atoms with Crippen LogP contribution in [0.4, 0.5) is 0 Å². The molecule has 2 aromatic rings. The lowest BCUT2D eigenvalue weighted by molar-refractivity contribution is 0.0590. The van der Waals surface area contributed by atoms with E-state index in [9.17, 15) is 18.0 Å². The van der Waals surface area contributed by atoms with E-state index in [4.69, 9.17) is 0 Å². The van der Waals surface area contributed by atoms with Crippen LogP contribution in [0.1, 0.15) is 32.0 Å². The Labute approximate surface area is 137 Å². The van der Waals surface area contributed by atoms with Crippen molar-refractivity contribution in [3.63, 3.8) is 0 Å². The Morgan fingerprint density at radius 2 is 1.78 bits per heavy atom. The van der Waals surface area contributed by atoms with Crippen LogP contribution in [0.5, 0.6) is 0 Å². The topological polar surface area (TPSA) is 102 Å². The molecule has 0 bridgehead atoms. The summed E-state index contributed by atoms with van der Waals surface area (Å²) in [5.41, 5.74) is 2.73. The van der Waals surface area contributed by atoms with Crippen molar-refractivity contribution in [1.29, 1.82) is 0 Å². The molecule has 0 unspecified atom stereocenters. The van der Waals surface area contributed by atoms with E-state index >= 15 is 0 Å². The molecule has 1 aromatic carbocycles. The van der Waals surface area contributed by atoms with Crippen molar-refractivity contribution in [3.05, 3.63) is 46.1 Å². The summed E-state index contributed by atoms with van der Waals surface area (Å²) in [5, 5.41) is 0. The van der Waals surface area contributed by atoms with Crippen LogP contribution >= 0.6 is 11.3 Å². The van der Waals surface area contributed by atoms with Gasteiger partial charge in [-0.05, 0) is 26.0 Å². The lowest BCUT2D eigenvalue weighted by Crippen LogP contribution is -2.31. The first-order valence-electron chi connectivity index (χ1n) is 6.42. The highest BCUT2D eigenvalue weighted by Gasteiger charge is 2.28. The third-order valence-corrected chi connectivity index (χ3v) is 5.57. The summed E-state index contributed by atoms with van der Waals surface area (Å²) in [7, 11) is -3.10. The van der Waals surface area contributed by atoms with Crippen molar-refractivity contribution in [1.82, 2.24) is 9.71 Å². The van der Waals surface area contributed by atoms with Gasteiger partial charge in [-0.15, -0.1) is 11.3 Å². The van der Waals surface area contributed by atoms with Crippen molar-refractivity contribution >= 4 is 33.2 Å². The number of hydrogen-bond donors (Lipinski definition) is 1. The number of sulfonamides is 1. The summed E-state index contributed by atoms with van der Waals surface area (Å²) in [6.45, 7) is 3.60. The number of nitrogens with zero attached hydrogens (tertiary/aromatic N) is 1. The van der Waals surface area contributed by atoms with Gasteiger partial charge in [0.25, 0.3) is 15.9 Å². The van der Waals surface area contributed by atoms with E-state index in [1.165, 1.54) is 5.51 Å². The molecule has 0 atom stereocenters. The number of thiazole rings is 1. The minimum absolute atomic E-state index is 0.218. The van der Waals surface area contributed by atoms with E-state index in [-0.39, 0.29) is 15.5 Å². The Kier molecular flexibility index (Phi) is 4.81. The van der Waals surface area contributed by atoms with Crippen LogP contribution in [0.15, 0.2) is 27.9 Å². The van der Waals surface area contributed by atoms with Crippen LogP contribution in [-0.4, -0.2) is 32.4 Å². The first-order valence-corrected chi connectivity index (χ1v) is 8.78. The maximum Gasteiger partial charge on any atom is 0.358 e. The van der Waals surface area contributed by atoms with Crippen LogP contribution in [0.25, 0.3) is 0 Å². The second-order valence-electron chi connectivity index (χ2n) is 4.79. The van der Waals surface area contributed by atoms with E-state index in [2.05, 4.69) is 9.72 Å². The van der Waals surface area contributed by atoms with E-state index in [1.807, 2.05) is 10.8 Å². The normalized spacial score (nSPS) is 11.1. The van der Waals surface area contributed by atoms with Gasteiger partial charge >= 0.3 is 5.97 Å². The van der Waals surface area contributed by atoms with E-state index < -0.39 is 21.9 Å². The molecule has 0 aliphatic carbocycles. The molecule has 9 heteroatoms. The van der Waals surface area contributed by atoms with Crippen LogP contribution in [-0.2, 0) is 14.8 Å². The molecule has 0 spiro atoms. The molecule has 1 heterocycles. The molecule has 0 aliphatic heterocycles. The van der Waals surface area contributed by atoms with Crippen LogP contribution < -0.4 is 4.72 Å². The number of aromatic nitrogens is 1. The number of aryl methyl sites for hydroxylation is 2. The Hall–Kier alpha value is -2.26. The summed E-state index contributed by atoms with van der Waals surface area (Å²) in [6, 6.07) is 5.02. The molecule has 2 rings (SSSR count). The number of carbonyl (C=O) groups is 2. The number of amides is 1. The number of ether oxygens (including phenoxy) is 1. The Balaban J connectivity index is 2.33. The summed E-state index contributed by atoms with van der Waals surface area (Å²) >= 11 is 0.729. The van der Waals surface area contributed by atoms with Gasteiger partial charge in [0.2, 0.25) is 0 Å². The molecule has 0 saturated carbocycles. The molecule has 0 fully saturated rings. The minimum Gasteiger partial charge on any atom is -0.464 e. The van der Waals surface area contributed by atoms with Gasteiger partial charge in [0.15, 0.2) is 9.90 Å². The molecular formula is C14H14N2O5S2. The second kappa shape index (κ2) is 6.47. The largest absolute Gasteiger partial charge is 0.464 e. The smallest absolute Gasteiger partial charge is 0.358 e. The van der Waals surface area contributed by atoms with E-state index in [0.29, 0.717) is 0 Å². The van der Waals surface area contributed by atoms with E-state index in [0.717, 1.165) is 29.6 Å². The van der Waals surface area contributed by atoms with Gasteiger partial charge in [0.1, 0.15) is 0 Å². The van der Waals surface area contributed by atoms with Gasteiger partial charge in [-0.25, -0.2) is 22.9 Å². The number of esters is 1. The Bertz CT molecular complexity index is 851. The highest BCUT2D eigenvalue weighted by atomic mass is 32.2. The third-order valence-electron chi connectivity index (χ3n) is 2.87. The fourth-order valence-electron chi connectivity index (χ4n) is 1.99. The first kappa shape index (κ1) is 17.1. The standard InChI is InChI=1S/C14H14N2O5S2/c1-8-4-9(2)6-10(5-8)12(17)16-23(19,20)14-11(13(18)21-3)15-7-22-14/h4-7H,1-3H3,(H,16,17). The second-order valence-corrected chi connectivity index (χ2v) is 7.52. The maximum atomic E-state index is 12.3. The van der Waals surface area contributed by atoms with Gasteiger partial charge < -0.3 is 4.74 Å². The minimum atomic E-state index is -4.22. The van der Waals surface area contributed by atoms with Crippen molar-refractivity contribution in [2.24, 2.45) is 0 Å². The summed E-state index contributed by atoms with van der Waals surface area (Å²) < 4.78 is 30.7. The number of benzene rings is 1. The predicted octanol–water partition coefficient (Wildman–Crippen LogP) is 1.67. The first-order chi connectivity index (χ1) is 10.7. The average molecular weight is 354 g/mol. The molecular weight excluding hydrogens is 340 g/mol. The number of hydrogen-bond acceptors (Lipinski definition) is 7. The quantitative estimate of drug-likeness (QED) is 0.838. The van der Waals surface area contributed by atoms with Crippen molar-refractivity contribution in [2.45, 2.75) is 18.1 Å². The SMILES string of the molecule is COC(=O)c1ncsc1S(=O)(=O)NC(=O)c1cc(C)cc(C)c1. The zero-order chi connectivity index (χ0) is 17.2. The fourth-order valence-corrected chi connectivity index (χ4v) is 4.10. The number of nitrogens with one attached hydrogen (secondary N) is 1. The zero-order valence-corrected chi connectivity index (χ0v) is 14.2. The van der Waals surface area contributed by atoms with Gasteiger partial charge in [-0.3, -0.25) is 4.79 Å². The molecule has 0 aliphatic rings. The Morgan fingerprint density at radius 1 is 1.17 bits per heavy atom. The van der Waals surface area contributed by atoms with Crippen LogP contribution in [0.2, 0.25) is 0 Å². The van der Waals surface area contributed by atoms with Gasteiger partial charge in [-0.1, -0.05) is 17.2 Å². The van der Waals surface area contributed by atoms with Crippen molar-refractivity contribution in [3.8, 4) is 0 Å². The number of methoxy groups -OCH3 is 1. The zero-order valence-electron chi connectivity index (χ0n) is 12.6. The third kappa shape index (κ3) is 3.74. The number of carbonyl (C=O) groups excluding carboxylic acids is 2. The molecule has 1 aromatic heterocycles. The molecule has 122 valence electrons.